The molecule has 4 rings (SSSR count). The van der Waals surface area contributed by atoms with Crippen LogP contribution in [0.5, 0.6) is 0 Å². The number of anilines is 2. The Morgan fingerprint density at radius 1 is 1.12 bits per heavy atom. The molecular weight excluding hydrogens is 321 g/mol. The van der Waals surface area contributed by atoms with Gasteiger partial charge in [-0.2, -0.15) is 5.10 Å². The molecule has 0 saturated carbocycles. The zero-order valence-electron chi connectivity index (χ0n) is 13.6. The van der Waals surface area contributed by atoms with Gasteiger partial charge in [0.05, 0.1) is 11.4 Å². The van der Waals surface area contributed by atoms with Crippen molar-refractivity contribution in [3.05, 3.63) is 66.4 Å². The fourth-order valence-electron chi connectivity index (χ4n) is 2.95. The van der Waals surface area contributed by atoms with E-state index in [1.807, 2.05) is 11.9 Å². The topological polar surface area (TPSA) is 54.3 Å². The summed E-state index contributed by atoms with van der Waals surface area (Å²) in [4.78, 5) is 21.0. The van der Waals surface area contributed by atoms with Gasteiger partial charge in [-0.05, 0) is 36.4 Å². The quantitative estimate of drug-likeness (QED) is 0.721. The number of carbonyl (C=O) groups excluding carboxylic acids is 1. The van der Waals surface area contributed by atoms with Gasteiger partial charge in [0.15, 0.2) is 5.82 Å². The van der Waals surface area contributed by atoms with Gasteiger partial charge >= 0.3 is 0 Å². The average molecular weight is 337 g/mol. The molecule has 0 aliphatic carbocycles. The summed E-state index contributed by atoms with van der Waals surface area (Å²) in [5.41, 5.74) is 1.68. The number of hydrogen-bond acceptors (Lipinski definition) is 4. The Labute approximate surface area is 144 Å². The van der Waals surface area contributed by atoms with E-state index in [0.717, 1.165) is 5.69 Å². The third kappa shape index (κ3) is 2.73. The molecule has 1 aromatic carbocycles. The number of hydrogen-bond donors (Lipinski definition) is 0. The summed E-state index contributed by atoms with van der Waals surface area (Å²) in [7, 11) is 1.93. The SMILES string of the molecule is CN1CCN(C(=O)c2cccc(-n3cccn3)n2)c2cc(F)ccc21. The monoisotopic (exact) mass is 337 g/mol. The highest BCUT2D eigenvalue weighted by molar-refractivity contribution is 6.07. The van der Waals surface area contributed by atoms with Gasteiger partial charge in [0.1, 0.15) is 11.5 Å². The van der Waals surface area contributed by atoms with Crippen molar-refractivity contribution in [2.24, 2.45) is 0 Å². The van der Waals surface area contributed by atoms with Crippen LogP contribution in [0.15, 0.2) is 54.9 Å². The summed E-state index contributed by atoms with van der Waals surface area (Å²) >= 11 is 0. The maximum atomic E-state index is 13.7. The molecule has 0 atom stereocenters. The minimum atomic E-state index is -0.370. The minimum absolute atomic E-state index is 0.256. The second-order valence-corrected chi connectivity index (χ2v) is 5.84. The van der Waals surface area contributed by atoms with E-state index in [1.165, 1.54) is 12.1 Å². The molecule has 0 bridgehead atoms. The van der Waals surface area contributed by atoms with Crippen molar-refractivity contribution >= 4 is 17.3 Å². The molecule has 2 aromatic heterocycles. The lowest BCUT2D eigenvalue weighted by Crippen LogP contribution is -2.43. The molecule has 3 aromatic rings. The molecule has 0 unspecified atom stereocenters. The van der Waals surface area contributed by atoms with Gasteiger partial charge in [-0.1, -0.05) is 6.07 Å². The highest BCUT2D eigenvalue weighted by Crippen LogP contribution is 2.33. The van der Waals surface area contributed by atoms with Gasteiger partial charge in [-0.3, -0.25) is 4.79 Å². The van der Waals surface area contributed by atoms with Crippen molar-refractivity contribution in [3.63, 3.8) is 0 Å². The van der Waals surface area contributed by atoms with E-state index >= 15 is 0 Å². The molecule has 1 amide bonds. The Balaban J connectivity index is 1.72. The Morgan fingerprint density at radius 3 is 2.80 bits per heavy atom. The summed E-state index contributed by atoms with van der Waals surface area (Å²) in [5, 5.41) is 4.13. The molecule has 0 N–H and O–H groups in total. The number of aromatic nitrogens is 3. The number of fused-ring (bicyclic) bond motifs is 1. The maximum Gasteiger partial charge on any atom is 0.277 e. The largest absolute Gasteiger partial charge is 0.371 e. The van der Waals surface area contributed by atoms with Crippen LogP contribution in [0, 0.1) is 5.82 Å². The van der Waals surface area contributed by atoms with Crippen LogP contribution in [0.2, 0.25) is 0 Å². The zero-order chi connectivity index (χ0) is 17.4. The van der Waals surface area contributed by atoms with Crippen molar-refractivity contribution in [1.29, 1.82) is 0 Å². The Morgan fingerprint density at radius 2 is 2.00 bits per heavy atom. The van der Waals surface area contributed by atoms with Gasteiger partial charge in [0.2, 0.25) is 0 Å². The van der Waals surface area contributed by atoms with E-state index in [4.69, 9.17) is 0 Å². The first-order chi connectivity index (χ1) is 12.1. The smallest absolute Gasteiger partial charge is 0.277 e. The summed E-state index contributed by atoms with van der Waals surface area (Å²) in [6.07, 6.45) is 3.41. The van der Waals surface area contributed by atoms with Gasteiger partial charge in [-0.15, -0.1) is 0 Å². The van der Waals surface area contributed by atoms with Gasteiger partial charge < -0.3 is 9.80 Å². The summed E-state index contributed by atoms with van der Waals surface area (Å²) < 4.78 is 15.3. The van der Waals surface area contributed by atoms with Crippen molar-refractivity contribution in [1.82, 2.24) is 14.8 Å². The number of carbonyl (C=O) groups is 1. The first-order valence-corrected chi connectivity index (χ1v) is 7.93. The summed E-state index contributed by atoms with van der Waals surface area (Å²) in [6, 6.07) is 11.5. The molecule has 25 heavy (non-hydrogen) atoms. The van der Waals surface area contributed by atoms with Crippen LogP contribution in [-0.2, 0) is 0 Å². The average Bonchev–Trinajstić information content (AvgIpc) is 3.16. The van der Waals surface area contributed by atoms with E-state index in [9.17, 15) is 9.18 Å². The lowest BCUT2D eigenvalue weighted by molar-refractivity contribution is 0.0982. The predicted octanol–water partition coefficient (Wildman–Crippen LogP) is 2.50. The van der Waals surface area contributed by atoms with E-state index in [0.29, 0.717) is 30.3 Å². The molecule has 0 spiro atoms. The maximum absolute atomic E-state index is 13.7. The third-order valence-electron chi connectivity index (χ3n) is 4.24. The van der Waals surface area contributed by atoms with Crippen LogP contribution in [0.3, 0.4) is 0 Å². The van der Waals surface area contributed by atoms with Gasteiger partial charge in [0.25, 0.3) is 5.91 Å². The first kappa shape index (κ1) is 15.3. The molecule has 7 heteroatoms. The fourth-order valence-corrected chi connectivity index (χ4v) is 2.95. The summed E-state index contributed by atoms with van der Waals surface area (Å²) in [5.74, 6) is -0.0662. The molecule has 0 fully saturated rings. The van der Waals surface area contributed by atoms with Crippen LogP contribution < -0.4 is 9.80 Å². The number of nitrogens with zero attached hydrogens (tertiary/aromatic N) is 5. The third-order valence-corrected chi connectivity index (χ3v) is 4.24. The second kappa shape index (κ2) is 6.01. The van der Waals surface area contributed by atoms with Crippen LogP contribution in [0.25, 0.3) is 5.82 Å². The molecule has 3 heterocycles. The van der Waals surface area contributed by atoms with E-state index < -0.39 is 0 Å². The molecule has 0 radical (unpaired) electrons. The van der Waals surface area contributed by atoms with E-state index in [1.54, 1.807) is 52.3 Å². The van der Waals surface area contributed by atoms with Crippen LogP contribution in [0.1, 0.15) is 10.5 Å². The molecular formula is C18H16FN5O. The number of halogens is 1. The lowest BCUT2D eigenvalue weighted by atomic mass is 10.1. The van der Waals surface area contributed by atoms with E-state index in [2.05, 4.69) is 10.1 Å². The molecule has 6 nitrogen and oxygen atoms in total. The molecule has 1 aliphatic heterocycles. The Bertz CT molecular complexity index is 925. The number of rotatable bonds is 2. The van der Waals surface area contributed by atoms with Gasteiger partial charge in [0, 0.05) is 32.5 Å². The van der Waals surface area contributed by atoms with Crippen molar-refractivity contribution < 1.29 is 9.18 Å². The second-order valence-electron chi connectivity index (χ2n) is 5.84. The highest BCUT2D eigenvalue weighted by Gasteiger charge is 2.27. The first-order valence-electron chi connectivity index (χ1n) is 7.93. The number of amides is 1. The minimum Gasteiger partial charge on any atom is -0.371 e. The Hall–Kier alpha value is -3.22. The standard InChI is InChI=1S/C18H16FN5O/c1-22-10-11-23(16-12-13(19)6-7-15(16)22)18(25)14-4-2-5-17(21-14)24-9-3-8-20-24/h2-9,12H,10-11H2,1H3. The number of likely N-dealkylation sites (N-methyl/N-ethyl adjacent to an activating group) is 1. The molecule has 126 valence electrons. The number of pyridine rings is 1. The van der Waals surface area contributed by atoms with Crippen molar-refractivity contribution in [2.45, 2.75) is 0 Å². The van der Waals surface area contributed by atoms with Crippen LogP contribution in [0.4, 0.5) is 15.8 Å². The van der Waals surface area contributed by atoms with E-state index in [-0.39, 0.29) is 11.7 Å². The Kier molecular flexibility index (Phi) is 3.68. The summed E-state index contributed by atoms with van der Waals surface area (Å²) in [6.45, 7) is 1.14. The van der Waals surface area contributed by atoms with Gasteiger partial charge in [-0.25, -0.2) is 14.1 Å². The fraction of sp³-hybridized carbons (Fsp3) is 0.167. The molecule has 0 saturated heterocycles. The normalized spacial score (nSPS) is 13.7. The zero-order valence-corrected chi connectivity index (χ0v) is 13.6. The number of benzene rings is 1. The van der Waals surface area contributed by atoms with Crippen LogP contribution in [-0.4, -0.2) is 40.8 Å². The van der Waals surface area contributed by atoms with Crippen molar-refractivity contribution in [2.75, 3.05) is 29.9 Å². The lowest BCUT2D eigenvalue weighted by Gasteiger charge is -2.35. The highest BCUT2D eigenvalue weighted by atomic mass is 19.1. The molecule has 1 aliphatic rings. The van der Waals surface area contributed by atoms with Crippen molar-refractivity contribution in [3.8, 4) is 5.82 Å². The van der Waals surface area contributed by atoms with Crippen LogP contribution >= 0.6 is 0 Å². The predicted molar refractivity (Wildman–Crippen MR) is 92.7 cm³/mol.